The number of hydrogen-bond acceptors (Lipinski definition) is 3. The van der Waals surface area contributed by atoms with Gasteiger partial charge in [-0.05, 0) is 12.1 Å². The molecule has 2 N–H and O–H groups in total. The Hall–Kier alpha value is -1.11. The van der Waals surface area contributed by atoms with Crippen LogP contribution in [-0.4, -0.2) is 21.5 Å². The van der Waals surface area contributed by atoms with Crippen LogP contribution in [0.2, 0.25) is 5.02 Å². The van der Waals surface area contributed by atoms with Crippen LogP contribution < -0.4 is 5.32 Å². The third-order valence-electron chi connectivity index (χ3n) is 2.55. The van der Waals surface area contributed by atoms with E-state index >= 15 is 0 Å². The molecule has 1 heterocycles. The van der Waals surface area contributed by atoms with Crippen molar-refractivity contribution in [1.82, 2.24) is 9.78 Å². The van der Waals surface area contributed by atoms with Gasteiger partial charge < -0.3 is 10.4 Å². The number of aliphatic hydroxyl groups is 1. The smallest absolute Gasteiger partial charge is 0.148 e. The summed E-state index contributed by atoms with van der Waals surface area (Å²) in [5, 5.41) is 16.1. The van der Waals surface area contributed by atoms with Crippen molar-refractivity contribution in [3.63, 3.8) is 0 Å². The molecule has 0 saturated heterocycles. The molecular formula is C12H12BrClFN3O. The molecule has 2 rings (SSSR count). The van der Waals surface area contributed by atoms with Gasteiger partial charge in [-0.3, -0.25) is 4.68 Å². The molecule has 0 spiro atoms. The molecule has 7 heteroatoms. The first kappa shape index (κ1) is 14.3. The van der Waals surface area contributed by atoms with Crippen LogP contribution in [0.3, 0.4) is 0 Å². The highest BCUT2D eigenvalue weighted by molar-refractivity contribution is 9.10. The van der Waals surface area contributed by atoms with Gasteiger partial charge in [-0.1, -0.05) is 27.5 Å². The van der Waals surface area contributed by atoms with Gasteiger partial charge in [-0.2, -0.15) is 5.10 Å². The predicted molar refractivity (Wildman–Crippen MR) is 75.7 cm³/mol. The van der Waals surface area contributed by atoms with Gasteiger partial charge in [0.25, 0.3) is 0 Å². The molecule has 4 nitrogen and oxygen atoms in total. The van der Waals surface area contributed by atoms with E-state index in [4.69, 9.17) is 16.7 Å². The Morgan fingerprint density at radius 2 is 2.21 bits per heavy atom. The fraction of sp³-hybridized carbons (Fsp3) is 0.250. The topological polar surface area (TPSA) is 50.1 Å². The third-order valence-corrected chi connectivity index (χ3v) is 3.59. The molecule has 2 aromatic rings. The second-order valence-corrected chi connectivity index (χ2v) is 5.12. The molecule has 0 saturated carbocycles. The van der Waals surface area contributed by atoms with Gasteiger partial charge >= 0.3 is 0 Å². The highest BCUT2D eigenvalue weighted by Gasteiger charge is 2.11. The van der Waals surface area contributed by atoms with Crippen molar-refractivity contribution in [3.05, 3.63) is 45.3 Å². The summed E-state index contributed by atoms with van der Waals surface area (Å²) in [6.45, 7) is 0.718. The largest absolute Gasteiger partial charge is 0.394 e. The minimum absolute atomic E-state index is 0.0234. The standard InChI is InChI=1S/C12H12BrClFN3O/c13-9-1-2-10(14)12(15)8(9)7-16-11-3-4-18(17-11)5-6-19/h1-4,19H,5-7H2,(H,16,17). The maximum atomic E-state index is 13.8. The van der Waals surface area contributed by atoms with Crippen molar-refractivity contribution in [2.75, 3.05) is 11.9 Å². The van der Waals surface area contributed by atoms with E-state index in [-0.39, 0.29) is 18.2 Å². The number of benzene rings is 1. The summed E-state index contributed by atoms with van der Waals surface area (Å²) >= 11 is 9.03. The minimum atomic E-state index is -0.446. The molecule has 1 aromatic heterocycles. The summed E-state index contributed by atoms with van der Waals surface area (Å²) in [4.78, 5) is 0. The fourth-order valence-corrected chi connectivity index (χ4v) is 2.22. The van der Waals surface area contributed by atoms with Gasteiger partial charge in [-0.25, -0.2) is 4.39 Å². The average Bonchev–Trinajstić information content (AvgIpc) is 2.82. The van der Waals surface area contributed by atoms with E-state index in [9.17, 15) is 4.39 Å². The van der Waals surface area contributed by atoms with E-state index in [1.54, 1.807) is 23.0 Å². The second kappa shape index (κ2) is 6.36. The Morgan fingerprint density at radius 1 is 1.42 bits per heavy atom. The summed E-state index contributed by atoms with van der Waals surface area (Å²) in [5.74, 6) is 0.165. The van der Waals surface area contributed by atoms with Crippen LogP contribution in [0.25, 0.3) is 0 Å². The van der Waals surface area contributed by atoms with Crippen molar-refractivity contribution >= 4 is 33.3 Å². The molecule has 0 unspecified atom stereocenters. The molecule has 0 aliphatic carbocycles. The van der Waals surface area contributed by atoms with Gasteiger partial charge in [0, 0.05) is 28.8 Å². The monoisotopic (exact) mass is 347 g/mol. The van der Waals surface area contributed by atoms with Crippen LogP contribution in [0.15, 0.2) is 28.9 Å². The lowest BCUT2D eigenvalue weighted by Crippen LogP contribution is -2.06. The molecular weight excluding hydrogens is 337 g/mol. The quantitative estimate of drug-likeness (QED) is 0.817. The highest BCUT2D eigenvalue weighted by atomic mass is 79.9. The van der Waals surface area contributed by atoms with Gasteiger partial charge in [0.15, 0.2) is 0 Å². The number of halogens is 3. The van der Waals surface area contributed by atoms with Crippen LogP contribution in [0.5, 0.6) is 0 Å². The summed E-state index contributed by atoms with van der Waals surface area (Å²) in [7, 11) is 0. The molecule has 0 atom stereocenters. The lowest BCUT2D eigenvalue weighted by Gasteiger charge is -2.08. The molecule has 102 valence electrons. The normalized spacial score (nSPS) is 10.7. The zero-order chi connectivity index (χ0) is 13.8. The fourth-order valence-electron chi connectivity index (χ4n) is 1.59. The summed E-state index contributed by atoms with van der Waals surface area (Å²) in [6, 6.07) is 4.96. The lowest BCUT2D eigenvalue weighted by molar-refractivity contribution is 0.269. The number of anilines is 1. The first-order valence-electron chi connectivity index (χ1n) is 5.62. The van der Waals surface area contributed by atoms with Crippen molar-refractivity contribution in [2.24, 2.45) is 0 Å². The van der Waals surface area contributed by atoms with E-state index in [1.807, 2.05) is 0 Å². The number of aliphatic hydroxyl groups excluding tert-OH is 1. The van der Waals surface area contributed by atoms with Crippen LogP contribution in [0.4, 0.5) is 10.2 Å². The minimum Gasteiger partial charge on any atom is -0.394 e. The molecule has 0 fully saturated rings. The Balaban J connectivity index is 2.07. The molecule has 0 bridgehead atoms. The van der Waals surface area contributed by atoms with E-state index in [0.29, 0.717) is 22.4 Å². The Kier molecular flexibility index (Phi) is 4.79. The number of hydrogen-bond donors (Lipinski definition) is 2. The van der Waals surface area contributed by atoms with Crippen LogP contribution >= 0.6 is 27.5 Å². The molecule has 1 aromatic carbocycles. The Labute approximate surface area is 123 Å². The molecule has 0 amide bonds. The van der Waals surface area contributed by atoms with E-state index in [1.165, 1.54) is 6.07 Å². The van der Waals surface area contributed by atoms with Gasteiger partial charge in [0.05, 0.1) is 18.2 Å². The van der Waals surface area contributed by atoms with Crippen molar-refractivity contribution in [2.45, 2.75) is 13.1 Å². The first-order valence-corrected chi connectivity index (χ1v) is 6.79. The highest BCUT2D eigenvalue weighted by Crippen LogP contribution is 2.26. The van der Waals surface area contributed by atoms with Crippen molar-refractivity contribution < 1.29 is 9.50 Å². The molecule has 0 radical (unpaired) electrons. The van der Waals surface area contributed by atoms with Gasteiger partial charge in [0.1, 0.15) is 11.6 Å². The maximum absolute atomic E-state index is 13.8. The van der Waals surface area contributed by atoms with Crippen LogP contribution in [0, 0.1) is 5.82 Å². The zero-order valence-electron chi connectivity index (χ0n) is 9.91. The van der Waals surface area contributed by atoms with E-state index in [0.717, 1.165) is 0 Å². The average molecular weight is 349 g/mol. The number of aromatic nitrogens is 2. The SMILES string of the molecule is OCCn1ccc(NCc2c(Br)ccc(Cl)c2F)n1. The zero-order valence-corrected chi connectivity index (χ0v) is 12.2. The molecule has 19 heavy (non-hydrogen) atoms. The van der Waals surface area contributed by atoms with Gasteiger partial charge in [-0.15, -0.1) is 0 Å². The van der Waals surface area contributed by atoms with Crippen LogP contribution in [-0.2, 0) is 13.1 Å². The van der Waals surface area contributed by atoms with E-state index < -0.39 is 5.82 Å². The van der Waals surface area contributed by atoms with Crippen molar-refractivity contribution in [1.29, 1.82) is 0 Å². The second-order valence-electron chi connectivity index (χ2n) is 3.86. The van der Waals surface area contributed by atoms with Crippen molar-refractivity contribution in [3.8, 4) is 0 Å². The molecule has 0 aliphatic heterocycles. The first-order chi connectivity index (χ1) is 9.11. The Bertz CT molecular complexity index is 576. The number of nitrogens with one attached hydrogen (secondary N) is 1. The predicted octanol–water partition coefficient (Wildman–Crippen LogP) is 3.04. The summed E-state index contributed by atoms with van der Waals surface area (Å²) < 4.78 is 16.1. The molecule has 0 aliphatic rings. The van der Waals surface area contributed by atoms with E-state index in [2.05, 4.69) is 26.3 Å². The third kappa shape index (κ3) is 3.46. The summed E-state index contributed by atoms with van der Waals surface area (Å²) in [6.07, 6.45) is 1.74. The maximum Gasteiger partial charge on any atom is 0.148 e. The number of rotatable bonds is 5. The van der Waals surface area contributed by atoms with Crippen LogP contribution in [0.1, 0.15) is 5.56 Å². The lowest BCUT2D eigenvalue weighted by atomic mass is 10.2. The van der Waals surface area contributed by atoms with Gasteiger partial charge in [0.2, 0.25) is 0 Å². The Morgan fingerprint density at radius 3 is 2.95 bits per heavy atom. The summed E-state index contributed by atoms with van der Waals surface area (Å²) in [5.41, 5.74) is 0.448. The number of nitrogens with zero attached hydrogens (tertiary/aromatic N) is 2.